The summed E-state index contributed by atoms with van der Waals surface area (Å²) in [6.45, 7) is 3.60. The van der Waals surface area contributed by atoms with Crippen molar-refractivity contribution in [2.24, 2.45) is 0 Å². The van der Waals surface area contributed by atoms with Gasteiger partial charge >= 0.3 is 0 Å². The summed E-state index contributed by atoms with van der Waals surface area (Å²) in [4.78, 5) is 28.7. The Hall–Kier alpha value is -3.16. The standard InChI is InChI=1S/C34H30Cl2N2O2S2/c1-2-33(39)37-21-16-27(24-8-4-6-10-30(24)36)28-19-22(42-32(28)18-21)11-12-34(40)38-20-15-26(23-7-3-5-9-29(23)35)25-13-14-41-31(25)17-20/h2-14,19-21,26-27H,1,15-18H2,(H,37,39)(H,38,40)/b12-11-/t20-,21+,26+,27+/m1/s1. The van der Waals surface area contributed by atoms with Crippen molar-refractivity contribution >= 4 is 63.8 Å². The molecule has 8 heteroatoms. The number of carbonyl (C=O) groups excluding carboxylic acids is 2. The first-order valence-electron chi connectivity index (χ1n) is 14.0. The van der Waals surface area contributed by atoms with Gasteiger partial charge in [0.15, 0.2) is 0 Å². The molecule has 4 atom stereocenters. The van der Waals surface area contributed by atoms with Crippen LogP contribution in [0.5, 0.6) is 0 Å². The van der Waals surface area contributed by atoms with Crippen LogP contribution in [0.4, 0.5) is 0 Å². The first-order valence-corrected chi connectivity index (χ1v) is 16.4. The van der Waals surface area contributed by atoms with E-state index in [-0.39, 0.29) is 35.7 Å². The highest BCUT2D eigenvalue weighted by molar-refractivity contribution is 7.13. The molecule has 4 aromatic rings. The molecular weight excluding hydrogens is 603 g/mol. The lowest BCUT2D eigenvalue weighted by atomic mass is 9.80. The molecule has 42 heavy (non-hydrogen) atoms. The number of carbonyl (C=O) groups is 2. The van der Waals surface area contributed by atoms with Crippen LogP contribution in [0.25, 0.3) is 6.08 Å². The fourth-order valence-corrected chi connectivity index (χ4v) is 9.02. The Labute approximate surface area is 264 Å². The Morgan fingerprint density at radius 1 is 0.786 bits per heavy atom. The molecule has 0 unspecified atom stereocenters. The van der Waals surface area contributed by atoms with E-state index < -0.39 is 0 Å². The van der Waals surface area contributed by atoms with Gasteiger partial charge in [0.05, 0.1) is 0 Å². The van der Waals surface area contributed by atoms with Gasteiger partial charge in [0.25, 0.3) is 0 Å². The van der Waals surface area contributed by atoms with E-state index in [1.54, 1.807) is 28.7 Å². The number of fused-ring (bicyclic) bond motifs is 2. The SMILES string of the molecule is C=CC(=O)N[C@@H]1Cc2sc(/C=C\C(=O)N[C@H]3Cc4sccc4[C@H](c4ccccc4Cl)C3)cc2[C@H](c2ccccc2Cl)C1. The smallest absolute Gasteiger partial charge is 0.244 e. The van der Waals surface area contributed by atoms with Gasteiger partial charge in [-0.3, -0.25) is 9.59 Å². The van der Waals surface area contributed by atoms with Gasteiger partial charge in [0.1, 0.15) is 0 Å². The third-order valence-corrected chi connectivity index (χ3v) is 10.9. The highest BCUT2D eigenvalue weighted by Gasteiger charge is 2.32. The summed E-state index contributed by atoms with van der Waals surface area (Å²) < 4.78 is 0. The van der Waals surface area contributed by atoms with Crippen LogP contribution >= 0.6 is 45.9 Å². The van der Waals surface area contributed by atoms with Crippen LogP contribution in [0, 0.1) is 0 Å². The van der Waals surface area contributed by atoms with Crippen LogP contribution in [0.15, 0.2) is 84.8 Å². The normalized spacial score (nSPS) is 21.4. The molecule has 0 saturated heterocycles. The lowest BCUT2D eigenvalue weighted by Gasteiger charge is -2.30. The van der Waals surface area contributed by atoms with E-state index in [0.29, 0.717) is 5.02 Å². The van der Waals surface area contributed by atoms with E-state index in [1.165, 1.54) is 27.0 Å². The predicted octanol–water partition coefficient (Wildman–Crippen LogP) is 8.14. The van der Waals surface area contributed by atoms with Crippen molar-refractivity contribution in [2.45, 2.75) is 49.6 Å². The van der Waals surface area contributed by atoms with E-state index in [4.69, 9.17) is 23.2 Å². The number of amides is 2. The monoisotopic (exact) mass is 632 g/mol. The van der Waals surface area contributed by atoms with Crippen molar-refractivity contribution in [3.05, 3.63) is 132 Å². The molecule has 6 rings (SSSR count). The molecule has 0 spiro atoms. The number of halogens is 2. The molecule has 2 aromatic heterocycles. The lowest BCUT2D eigenvalue weighted by molar-refractivity contribution is -0.118. The second kappa shape index (κ2) is 12.6. The molecule has 0 bridgehead atoms. The molecule has 2 aromatic carbocycles. The molecule has 2 heterocycles. The van der Waals surface area contributed by atoms with E-state index >= 15 is 0 Å². The minimum atomic E-state index is -0.177. The maximum absolute atomic E-state index is 13.1. The molecule has 0 aliphatic heterocycles. The Balaban J connectivity index is 1.19. The number of benzene rings is 2. The molecule has 0 fully saturated rings. The van der Waals surface area contributed by atoms with Crippen molar-refractivity contribution in [1.29, 1.82) is 0 Å². The molecule has 2 aliphatic carbocycles. The molecule has 4 nitrogen and oxygen atoms in total. The van der Waals surface area contributed by atoms with Crippen LogP contribution in [-0.4, -0.2) is 23.9 Å². The zero-order chi connectivity index (χ0) is 29.2. The minimum Gasteiger partial charge on any atom is -0.349 e. The fourth-order valence-electron chi connectivity index (χ4n) is 6.26. The fraction of sp³-hybridized carbons (Fsp3) is 0.235. The van der Waals surface area contributed by atoms with Gasteiger partial charge in [-0.25, -0.2) is 0 Å². The van der Waals surface area contributed by atoms with E-state index in [2.05, 4.69) is 40.8 Å². The summed E-state index contributed by atoms with van der Waals surface area (Å²) in [5.74, 6) is -0.0797. The van der Waals surface area contributed by atoms with Crippen molar-refractivity contribution in [3.63, 3.8) is 0 Å². The Bertz CT molecular complexity index is 1670. The Kier molecular flexibility index (Phi) is 8.68. The molecule has 2 N–H and O–H groups in total. The number of hydrogen-bond donors (Lipinski definition) is 2. The van der Waals surface area contributed by atoms with Gasteiger partial charge in [-0.15, -0.1) is 22.7 Å². The highest BCUT2D eigenvalue weighted by Crippen LogP contribution is 2.44. The van der Waals surface area contributed by atoms with Crippen LogP contribution < -0.4 is 10.6 Å². The van der Waals surface area contributed by atoms with Crippen LogP contribution in [-0.2, 0) is 22.4 Å². The van der Waals surface area contributed by atoms with Gasteiger partial charge in [0, 0.05) is 67.5 Å². The van der Waals surface area contributed by atoms with Gasteiger partial charge in [-0.05, 0) is 76.9 Å². The summed E-state index contributed by atoms with van der Waals surface area (Å²) in [6.07, 6.45) is 7.93. The number of hydrogen-bond acceptors (Lipinski definition) is 4. The maximum atomic E-state index is 13.1. The molecule has 0 radical (unpaired) electrons. The summed E-state index contributed by atoms with van der Waals surface area (Å²) >= 11 is 16.6. The van der Waals surface area contributed by atoms with Crippen molar-refractivity contribution in [3.8, 4) is 0 Å². The highest BCUT2D eigenvalue weighted by atomic mass is 35.5. The lowest BCUT2D eigenvalue weighted by Crippen LogP contribution is -2.39. The van der Waals surface area contributed by atoms with Crippen LogP contribution in [0.3, 0.4) is 0 Å². The van der Waals surface area contributed by atoms with Crippen molar-refractivity contribution in [2.75, 3.05) is 0 Å². The van der Waals surface area contributed by atoms with Gasteiger partial charge in [-0.1, -0.05) is 66.2 Å². The molecule has 2 amide bonds. The summed E-state index contributed by atoms with van der Waals surface area (Å²) in [6, 6.07) is 20.2. The molecular formula is C34H30Cl2N2O2S2. The van der Waals surface area contributed by atoms with E-state index in [0.717, 1.165) is 46.7 Å². The average Bonchev–Trinajstić information content (AvgIpc) is 3.63. The van der Waals surface area contributed by atoms with Gasteiger partial charge in [-0.2, -0.15) is 0 Å². The Morgan fingerprint density at radius 3 is 2.02 bits per heavy atom. The maximum Gasteiger partial charge on any atom is 0.244 e. The van der Waals surface area contributed by atoms with Crippen molar-refractivity contribution in [1.82, 2.24) is 10.6 Å². The summed E-state index contributed by atoms with van der Waals surface area (Å²) in [7, 11) is 0. The second-order valence-corrected chi connectivity index (χ2v) is 13.8. The van der Waals surface area contributed by atoms with E-state index in [1.807, 2.05) is 48.5 Å². The first-order chi connectivity index (χ1) is 20.4. The third-order valence-electron chi connectivity index (χ3n) is 8.13. The molecule has 0 saturated carbocycles. The average molecular weight is 634 g/mol. The van der Waals surface area contributed by atoms with Gasteiger partial charge < -0.3 is 10.6 Å². The quantitative estimate of drug-likeness (QED) is 0.202. The summed E-state index contributed by atoms with van der Waals surface area (Å²) in [5.41, 5.74) is 4.67. The predicted molar refractivity (Wildman–Crippen MR) is 175 cm³/mol. The Morgan fingerprint density at radius 2 is 1.38 bits per heavy atom. The zero-order valence-electron chi connectivity index (χ0n) is 22.8. The number of rotatable bonds is 7. The second-order valence-electron chi connectivity index (χ2n) is 10.8. The van der Waals surface area contributed by atoms with E-state index in [9.17, 15) is 9.59 Å². The number of thiophene rings is 2. The molecule has 2 aliphatic rings. The third kappa shape index (κ3) is 6.13. The van der Waals surface area contributed by atoms with Crippen LogP contribution in [0.2, 0.25) is 10.0 Å². The van der Waals surface area contributed by atoms with Gasteiger partial charge in [0.2, 0.25) is 11.8 Å². The zero-order valence-corrected chi connectivity index (χ0v) is 26.0. The number of nitrogens with one attached hydrogen (secondary N) is 2. The van der Waals surface area contributed by atoms with Crippen LogP contribution in [0.1, 0.15) is 61.6 Å². The summed E-state index contributed by atoms with van der Waals surface area (Å²) in [5, 5.41) is 9.92. The molecule has 214 valence electrons. The van der Waals surface area contributed by atoms with Crippen molar-refractivity contribution < 1.29 is 9.59 Å². The topological polar surface area (TPSA) is 58.2 Å². The first kappa shape index (κ1) is 28.9. The largest absolute Gasteiger partial charge is 0.349 e. The minimum absolute atomic E-state index is 0.0185.